The maximum atomic E-state index is 5.81. The molecule has 0 aromatic carbocycles. The van der Waals surface area contributed by atoms with Crippen LogP contribution in [0.5, 0.6) is 0 Å². The third-order valence-electron chi connectivity index (χ3n) is 3.41. The molecular weight excluding hydrogens is 311 g/mol. The third kappa shape index (κ3) is 1.53. The Morgan fingerprint density at radius 1 is 1.21 bits per heavy atom. The molecule has 1 saturated heterocycles. The standard InChI is InChI=1S/C13H12N2O3Se/c1-13(2)5-7-11(17-4-3-16-7)12-9(13)10-8(6-18-12)19-15-14-10/h5-6H,3-4H2,1-2H3. The molecule has 2 aliphatic heterocycles. The first-order chi connectivity index (χ1) is 9.17. The second-order valence-corrected chi connectivity index (χ2v) is 6.83. The first kappa shape index (κ1) is 11.3. The Bertz CT molecular complexity index is 742. The van der Waals surface area contributed by atoms with Crippen molar-refractivity contribution in [1.29, 1.82) is 0 Å². The summed E-state index contributed by atoms with van der Waals surface area (Å²) >= 11 is 0.0303. The van der Waals surface area contributed by atoms with Gasteiger partial charge < -0.3 is 0 Å². The van der Waals surface area contributed by atoms with E-state index < -0.39 is 0 Å². The number of aromatic nitrogens is 2. The normalized spacial score (nSPS) is 22.8. The molecule has 0 spiro atoms. The molecule has 3 heterocycles. The quantitative estimate of drug-likeness (QED) is 0.610. The maximum absolute atomic E-state index is 5.81. The second kappa shape index (κ2) is 3.74. The molecule has 1 aromatic rings. The molecule has 1 aliphatic carbocycles. The molecule has 0 N–H and O–H groups in total. The summed E-state index contributed by atoms with van der Waals surface area (Å²) in [6.45, 7) is 5.38. The van der Waals surface area contributed by atoms with Crippen LogP contribution in [0.15, 0.2) is 23.4 Å². The van der Waals surface area contributed by atoms with Gasteiger partial charge in [0.2, 0.25) is 0 Å². The zero-order chi connectivity index (χ0) is 13.0. The molecule has 5 nitrogen and oxygen atoms in total. The molecule has 4 rings (SSSR count). The van der Waals surface area contributed by atoms with E-state index in [0.29, 0.717) is 19.0 Å². The van der Waals surface area contributed by atoms with Gasteiger partial charge in [-0.3, -0.25) is 0 Å². The Kier molecular flexibility index (Phi) is 2.23. The average molecular weight is 323 g/mol. The molecule has 0 bridgehead atoms. The van der Waals surface area contributed by atoms with Crippen molar-refractivity contribution in [3.8, 4) is 0 Å². The topological polar surface area (TPSA) is 53.5 Å². The third-order valence-corrected chi connectivity index (χ3v) is 4.78. The van der Waals surface area contributed by atoms with Gasteiger partial charge in [0, 0.05) is 0 Å². The van der Waals surface area contributed by atoms with Crippen LogP contribution in [0.2, 0.25) is 0 Å². The van der Waals surface area contributed by atoms with E-state index in [2.05, 4.69) is 29.1 Å². The molecule has 0 radical (unpaired) electrons. The van der Waals surface area contributed by atoms with E-state index in [1.54, 1.807) is 6.26 Å². The van der Waals surface area contributed by atoms with Crippen LogP contribution in [-0.2, 0) is 14.2 Å². The van der Waals surface area contributed by atoms with Crippen molar-refractivity contribution >= 4 is 26.6 Å². The Balaban J connectivity index is 2.08. The first-order valence-electron chi connectivity index (χ1n) is 6.10. The molecular formula is C13H12N2O3Se. The van der Waals surface area contributed by atoms with Crippen molar-refractivity contribution in [3.63, 3.8) is 0 Å². The van der Waals surface area contributed by atoms with E-state index in [-0.39, 0.29) is 20.1 Å². The monoisotopic (exact) mass is 324 g/mol. The van der Waals surface area contributed by atoms with E-state index in [4.69, 9.17) is 14.2 Å². The summed E-state index contributed by atoms with van der Waals surface area (Å²) in [4.78, 5) is 0. The molecule has 1 aromatic heterocycles. The fourth-order valence-electron chi connectivity index (χ4n) is 2.61. The number of hydrogen-bond acceptors (Lipinski definition) is 5. The van der Waals surface area contributed by atoms with Gasteiger partial charge >= 0.3 is 115 Å². The number of fused-ring (bicyclic) bond motifs is 3. The van der Waals surface area contributed by atoms with Crippen LogP contribution in [0.3, 0.4) is 0 Å². The van der Waals surface area contributed by atoms with Crippen LogP contribution in [0, 0.1) is 5.41 Å². The Morgan fingerprint density at radius 3 is 2.95 bits per heavy atom. The summed E-state index contributed by atoms with van der Waals surface area (Å²) in [5, 5.41) is 5.25. The number of allylic oxidation sites excluding steroid dienone is 2. The van der Waals surface area contributed by atoms with Gasteiger partial charge in [-0.2, -0.15) is 0 Å². The molecule has 1 fully saturated rings. The van der Waals surface area contributed by atoms with Gasteiger partial charge in [0.1, 0.15) is 0 Å². The molecule has 0 saturated carbocycles. The van der Waals surface area contributed by atoms with Crippen LogP contribution >= 0.6 is 0 Å². The Labute approximate surface area is 115 Å². The van der Waals surface area contributed by atoms with Gasteiger partial charge in [0.25, 0.3) is 0 Å². The van der Waals surface area contributed by atoms with E-state index in [9.17, 15) is 0 Å². The molecule has 19 heavy (non-hydrogen) atoms. The van der Waals surface area contributed by atoms with E-state index >= 15 is 0 Å². The van der Waals surface area contributed by atoms with Crippen molar-refractivity contribution in [3.05, 3.63) is 32.8 Å². The van der Waals surface area contributed by atoms with Crippen molar-refractivity contribution in [2.75, 3.05) is 13.2 Å². The zero-order valence-electron chi connectivity index (χ0n) is 10.6. The number of hydrogen-bond donors (Lipinski definition) is 0. The van der Waals surface area contributed by atoms with Crippen LogP contribution < -0.4 is 9.44 Å². The fourth-order valence-corrected chi connectivity index (χ4v) is 3.72. The summed E-state index contributed by atoms with van der Waals surface area (Å²) in [6.07, 6.45) is 3.83. The number of nitrogens with zero attached hydrogens (tertiary/aromatic N) is 2. The van der Waals surface area contributed by atoms with Gasteiger partial charge in [-0.15, -0.1) is 0 Å². The minimum atomic E-state index is -0.205. The van der Waals surface area contributed by atoms with E-state index in [1.807, 2.05) is 0 Å². The Hall–Kier alpha value is -1.52. The summed E-state index contributed by atoms with van der Waals surface area (Å²) in [5.74, 6) is 2.20. The van der Waals surface area contributed by atoms with Gasteiger partial charge in [0.05, 0.1) is 0 Å². The molecule has 0 atom stereocenters. The van der Waals surface area contributed by atoms with Gasteiger partial charge in [-0.25, -0.2) is 0 Å². The van der Waals surface area contributed by atoms with Gasteiger partial charge in [-0.05, 0) is 0 Å². The summed E-state index contributed by atoms with van der Waals surface area (Å²) < 4.78 is 22.5. The van der Waals surface area contributed by atoms with Gasteiger partial charge in [0.15, 0.2) is 0 Å². The average Bonchev–Trinajstić information content (AvgIpc) is 2.85. The van der Waals surface area contributed by atoms with E-state index in [1.165, 1.54) is 0 Å². The summed E-state index contributed by atoms with van der Waals surface area (Å²) in [6, 6.07) is 0. The molecule has 0 unspecified atom stereocenters. The van der Waals surface area contributed by atoms with Crippen molar-refractivity contribution in [1.82, 2.24) is 9.19 Å². The molecule has 98 valence electrons. The predicted octanol–water partition coefficient (Wildman–Crippen LogP) is -0.365. The van der Waals surface area contributed by atoms with Crippen molar-refractivity contribution in [2.24, 2.45) is 5.41 Å². The minimum absolute atomic E-state index is 0.0303. The predicted molar refractivity (Wildman–Crippen MR) is 68.0 cm³/mol. The molecule has 0 amide bonds. The number of rotatable bonds is 0. The summed E-state index contributed by atoms with van der Waals surface area (Å²) in [7, 11) is 0. The van der Waals surface area contributed by atoms with Crippen molar-refractivity contribution in [2.45, 2.75) is 13.8 Å². The SMILES string of the molecule is CC1(C)C=C2OCCOC2=C2OC=c3[se]nnc3=C21. The first-order valence-corrected chi connectivity index (χ1v) is 7.72. The van der Waals surface area contributed by atoms with Crippen LogP contribution in [0.1, 0.15) is 13.8 Å². The molecule has 6 heteroatoms. The van der Waals surface area contributed by atoms with Crippen LogP contribution in [0.4, 0.5) is 0 Å². The van der Waals surface area contributed by atoms with Crippen LogP contribution in [-0.4, -0.2) is 37.1 Å². The molecule has 3 aliphatic rings. The number of ether oxygens (including phenoxy) is 3. The zero-order valence-corrected chi connectivity index (χ0v) is 12.3. The van der Waals surface area contributed by atoms with E-state index in [0.717, 1.165) is 26.5 Å². The second-order valence-electron chi connectivity index (χ2n) is 5.18. The van der Waals surface area contributed by atoms with Crippen LogP contribution in [0.25, 0.3) is 11.8 Å². The Morgan fingerprint density at radius 2 is 2.05 bits per heavy atom. The van der Waals surface area contributed by atoms with Crippen molar-refractivity contribution < 1.29 is 14.2 Å². The summed E-state index contributed by atoms with van der Waals surface area (Å²) in [5.41, 5.74) is 0.848. The fraction of sp³-hybridized carbons (Fsp3) is 0.385. The van der Waals surface area contributed by atoms with Gasteiger partial charge in [-0.1, -0.05) is 0 Å².